The van der Waals surface area contributed by atoms with Gasteiger partial charge in [0.05, 0.1) is 6.54 Å². The Morgan fingerprint density at radius 3 is 2.63 bits per heavy atom. The molecule has 0 N–H and O–H groups in total. The van der Waals surface area contributed by atoms with E-state index in [1.165, 1.54) is 0 Å². The van der Waals surface area contributed by atoms with Crippen LogP contribution in [0.5, 0.6) is 0 Å². The Morgan fingerprint density at radius 2 is 1.83 bits per heavy atom. The van der Waals surface area contributed by atoms with Crippen molar-refractivity contribution in [3.8, 4) is 0 Å². The summed E-state index contributed by atoms with van der Waals surface area (Å²) in [5, 5.41) is 2.21. The number of pyridine rings is 1. The van der Waals surface area contributed by atoms with Gasteiger partial charge in [0.2, 0.25) is 5.91 Å². The number of likely N-dealkylation sites (tertiary alicyclic amines) is 1. The average molecular weight is 402 g/mol. The monoisotopic (exact) mass is 401 g/mol. The first kappa shape index (κ1) is 20.2. The van der Waals surface area contributed by atoms with Gasteiger partial charge in [0.1, 0.15) is 0 Å². The lowest BCUT2D eigenvalue weighted by atomic mass is 9.89. The molecule has 5 heteroatoms. The summed E-state index contributed by atoms with van der Waals surface area (Å²) in [4.78, 5) is 33.9. The smallest absolute Gasteiger partial charge is 0.236 e. The van der Waals surface area contributed by atoms with Crippen LogP contribution in [0.15, 0.2) is 67.0 Å². The second kappa shape index (κ2) is 9.18. The molecule has 5 nitrogen and oxygen atoms in total. The summed E-state index contributed by atoms with van der Waals surface area (Å²) in [6, 6.07) is 17.9. The van der Waals surface area contributed by atoms with Crippen molar-refractivity contribution in [3.63, 3.8) is 0 Å². The number of carbonyl (C=O) groups is 2. The van der Waals surface area contributed by atoms with Crippen molar-refractivity contribution in [2.75, 3.05) is 26.7 Å². The highest BCUT2D eigenvalue weighted by Gasteiger charge is 2.29. The normalized spacial score (nSPS) is 16.7. The third-order valence-corrected chi connectivity index (χ3v) is 5.79. The minimum absolute atomic E-state index is 0.0857. The van der Waals surface area contributed by atoms with Gasteiger partial charge in [-0.2, -0.15) is 0 Å². The number of aromatic nitrogens is 1. The van der Waals surface area contributed by atoms with Crippen molar-refractivity contribution in [2.24, 2.45) is 5.92 Å². The first-order valence-electron chi connectivity index (χ1n) is 10.5. The molecule has 1 fully saturated rings. The third kappa shape index (κ3) is 4.74. The molecule has 1 aromatic heterocycles. The Kier molecular flexibility index (Phi) is 6.19. The fraction of sp³-hybridized carbons (Fsp3) is 0.320. The zero-order valence-corrected chi connectivity index (χ0v) is 17.3. The van der Waals surface area contributed by atoms with E-state index in [1.807, 2.05) is 71.4 Å². The molecular weight excluding hydrogens is 374 g/mol. The van der Waals surface area contributed by atoms with Crippen molar-refractivity contribution >= 4 is 22.5 Å². The summed E-state index contributed by atoms with van der Waals surface area (Å²) in [5.74, 6) is 0.0975. The Balaban J connectivity index is 1.38. The van der Waals surface area contributed by atoms with Crippen LogP contribution >= 0.6 is 0 Å². The van der Waals surface area contributed by atoms with Crippen LogP contribution in [0.1, 0.15) is 28.8 Å². The molecule has 0 unspecified atom stereocenters. The number of piperidine rings is 1. The lowest BCUT2D eigenvalue weighted by molar-refractivity contribution is -0.133. The van der Waals surface area contributed by atoms with Crippen LogP contribution in [0.3, 0.4) is 0 Å². The summed E-state index contributed by atoms with van der Waals surface area (Å²) in [5.41, 5.74) is 1.87. The summed E-state index contributed by atoms with van der Waals surface area (Å²) in [6.45, 7) is 2.28. The van der Waals surface area contributed by atoms with Gasteiger partial charge in [-0.15, -0.1) is 0 Å². The molecule has 2 heterocycles. The first-order valence-corrected chi connectivity index (χ1v) is 10.5. The van der Waals surface area contributed by atoms with Crippen molar-refractivity contribution in [1.29, 1.82) is 0 Å². The number of benzene rings is 2. The van der Waals surface area contributed by atoms with Crippen LogP contribution in [0, 0.1) is 5.92 Å². The molecule has 0 bridgehead atoms. The lowest BCUT2D eigenvalue weighted by Gasteiger charge is -2.33. The number of fused-ring (bicyclic) bond motifs is 1. The van der Waals surface area contributed by atoms with E-state index in [1.54, 1.807) is 12.4 Å². The Bertz CT molecular complexity index is 1030. The molecule has 1 saturated heterocycles. The number of carbonyl (C=O) groups excluding carboxylic acids is 2. The highest BCUT2D eigenvalue weighted by Crippen LogP contribution is 2.24. The number of hydrogen-bond donors (Lipinski definition) is 0. The van der Waals surface area contributed by atoms with Gasteiger partial charge in [-0.3, -0.25) is 19.5 Å². The molecule has 1 aliphatic heterocycles. The van der Waals surface area contributed by atoms with Gasteiger partial charge >= 0.3 is 0 Å². The number of nitrogens with zero attached hydrogens (tertiary/aromatic N) is 3. The largest absolute Gasteiger partial charge is 0.341 e. The van der Waals surface area contributed by atoms with Gasteiger partial charge in [0.25, 0.3) is 0 Å². The molecule has 4 rings (SSSR count). The van der Waals surface area contributed by atoms with Gasteiger partial charge in [-0.1, -0.05) is 36.4 Å². The Labute approximate surface area is 177 Å². The third-order valence-electron chi connectivity index (χ3n) is 5.79. The average Bonchev–Trinajstić information content (AvgIpc) is 2.79. The maximum absolute atomic E-state index is 13.1. The maximum Gasteiger partial charge on any atom is 0.236 e. The van der Waals surface area contributed by atoms with Crippen LogP contribution in [0.4, 0.5) is 0 Å². The zero-order valence-electron chi connectivity index (χ0n) is 17.3. The van der Waals surface area contributed by atoms with Crippen molar-refractivity contribution in [2.45, 2.75) is 19.4 Å². The minimum atomic E-state index is -0.130. The van der Waals surface area contributed by atoms with Crippen LogP contribution in [-0.4, -0.2) is 53.2 Å². The standard InChI is InChI=1S/C25H27N3O2/c1-27(16-19-10-12-26-13-11-19)18-24(29)28-14-4-7-23(17-28)25(30)22-9-8-20-5-2-3-6-21(20)15-22/h2-3,5-6,8-13,15,23H,4,7,14,16-18H2,1H3/t23-/m1/s1. The van der Waals surface area contributed by atoms with Gasteiger partial charge in [0.15, 0.2) is 5.78 Å². The van der Waals surface area contributed by atoms with E-state index >= 15 is 0 Å². The van der Waals surface area contributed by atoms with Gasteiger partial charge in [0, 0.05) is 43.5 Å². The van der Waals surface area contributed by atoms with E-state index in [9.17, 15) is 9.59 Å². The van der Waals surface area contributed by atoms with Gasteiger partial charge < -0.3 is 4.90 Å². The molecule has 154 valence electrons. The van der Waals surface area contributed by atoms with E-state index < -0.39 is 0 Å². The highest BCUT2D eigenvalue weighted by atomic mass is 16.2. The van der Waals surface area contributed by atoms with Crippen LogP contribution in [-0.2, 0) is 11.3 Å². The van der Waals surface area contributed by atoms with Gasteiger partial charge in [-0.25, -0.2) is 0 Å². The number of rotatable bonds is 6. The molecule has 1 atom stereocenters. The zero-order chi connectivity index (χ0) is 20.9. The fourth-order valence-corrected chi connectivity index (χ4v) is 4.18. The van der Waals surface area contributed by atoms with E-state index in [4.69, 9.17) is 0 Å². The number of amides is 1. The molecule has 30 heavy (non-hydrogen) atoms. The van der Waals surface area contributed by atoms with E-state index in [-0.39, 0.29) is 17.6 Å². The summed E-state index contributed by atoms with van der Waals surface area (Å²) in [6.07, 6.45) is 5.23. The number of hydrogen-bond acceptors (Lipinski definition) is 4. The Morgan fingerprint density at radius 1 is 1.07 bits per heavy atom. The van der Waals surface area contributed by atoms with Crippen molar-refractivity contribution < 1.29 is 9.59 Å². The van der Waals surface area contributed by atoms with Crippen LogP contribution in [0.25, 0.3) is 10.8 Å². The van der Waals surface area contributed by atoms with Crippen LogP contribution in [0.2, 0.25) is 0 Å². The molecule has 0 saturated carbocycles. The predicted molar refractivity (Wildman–Crippen MR) is 118 cm³/mol. The van der Waals surface area contributed by atoms with Crippen molar-refractivity contribution in [1.82, 2.24) is 14.8 Å². The fourth-order valence-electron chi connectivity index (χ4n) is 4.18. The second-order valence-electron chi connectivity index (χ2n) is 8.13. The molecule has 1 aliphatic rings. The summed E-state index contributed by atoms with van der Waals surface area (Å²) in [7, 11) is 1.94. The SMILES string of the molecule is CN(CC(=O)N1CCC[C@@H](C(=O)c2ccc3ccccc3c2)C1)Cc1ccncc1. The topological polar surface area (TPSA) is 53.5 Å². The lowest BCUT2D eigenvalue weighted by Crippen LogP contribution is -2.45. The number of likely N-dealkylation sites (N-methyl/N-ethyl adjacent to an activating group) is 1. The van der Waals surface area contributed by atoms with Crippen LogP contribution < -0.4 is 0 Å². The van der Waals surface area contributed by atoms with Gasteiger partial charge in [-0.05, 0) is 54.4 Å². The number of ketones is 1. The Hall–Kier alpha value is -3.05. The summed E-state index contributed by atoms with van der Waals surface area (Å²) < 4.78 is 0. The summed E-state index contributed by atoms with van der Waals surface area (Å²) >= 11 is 0. The van der Waals surface area contributed by atoms with E-state index in [2.05, 4.69) is 4.98 Å². The molecule has 0 spiro atoms. The highest BCUT2D eigenvalue weighted by molar-refractivity contribution is 6.01. The van der Waals surface area contributed by atoms with E-state index in [0.29, 0.717) is 19.6 Å². The van der Waals surface area contributed by atoms with E-state index in [0.717, 1.165) is 41.3 Å². The molecule has 0 aliphatic carbocycles. The van der Waals surface area contributed by atoms with Crippen molar-refractivity contribution in [3.05, 3.63) is 78.1 Å². The quantitative estimate of drug-likeness (QED) is 0.590. The minimum Gasteiger partial charge on any atom is -0.341 e. The number of Topliss-reactive ketones (excluding diaryl/α,β-unsaturated/α-hetero) is 1. The predicted octanol–water partition coefficient (Wildman–Crippen LogP) is 3.79. The maximum atomic E-state index is 13.1. The second-order valence-corrected chi connectivity index (χ2v) is 8.13. The first-order chi connectivity index (χ1) is 14.6. The molecule has 3 aromatic rings. The molecular formula is C25H27N3O2. The molecule has 0 radical (unpaired) electrons. The molecule has 1 amide bonds. The molecule has 2 aromatic carbocycles.